The molecule has 2 saturated heterocycles. The lowest BCUT2D eigenvalue weighted by molar-refractivity contribution is -0.118. The van der Waals surface area contributed by atoms with E-state index < -0.39 is 0 Å². The summed E-state index contributed by atoms with van der Waals surface area (Å²) in [6, 6.07) is 14.2. The van der Waals surface area contributed by atoms with Crippen LogP contribution < -0.4 is 10.6 Å². The zero-order valence-corrected chi connectivity index (χ0v) is 23.5. The highest BCUT2D eigenvalue weighted by molar-refractivity contribution is 6.04. The number of likely N-dealkylation sites (N-methyl/N-ethyl adjacent to an activating group) is 2. The molecule has 10 nitrogen and oxygen atoms in total. The first-order chi connectivity index (χ1) is 19.3. The molecule has 4 rings (SSSR count). The van der Waals surface area contributed by atoms with Gasteiger partial charge in [-0.1, -0.05) is 24.3 Å². The summed E-state index contributed by atoms with van der Waals surface area (Å²) < 4.78 is 0. The van der Waals surface area contributed by atoms with E-state index >= 15 is 0 Å². The van der Waals surface area contributed by atoms with E-state index in [-0.39, 0.29) is 36.5 Å². The van der Waals surface area contributed by atoms with Crippen molar-refractivity contribution in [2.45, 2.75) is 25.7 Å². The number of benzene rings is 2. The molecule has 0 radical (unpaired) electrons. The predicted octanol–water partition coefficient (Wildman–Crippen LogP) is 2.60. The van der Waals surface area contributed by atoms with E-state index in [9.17, 15) is 19.2 Å². The second kappa shape index (κ2) is 14.0. The van der Waals surface area contributed by atoms with Crippen molar-refractivity contribution in [1.29, 1.82) is 0 Å². The maximum absolute atomic E-state index is 13.0. The first kappa shape index (κ1) is 29.2. The molecular weight excluding hydrogens is 508 g/mol. The zero-order chi connectivity index (χ0) is 28.5. The van der Waals surface area contributed by atoms with E-state index in [2.05, 4.69) is 20.4 Å². The van der Waals surface area contributed by atoms with E-state index in [1.165, 1.54) is 0 Å². The van der Waals surface area contributed by atoms with Gasteiger partial charge in [0.1, 0.15) is 0 Å². The number of unbranched alkanes of at least 4 members (excludes halogenated alkanes) is 1. The van der Waals surface area contributed by atoms with Gasteiger partial charge in [-0.15, -0.1) is 0 Å². The number of anilines is 2. The van der Waals surface area contributed by atoms with Crippen molar-refractivity contribution in [3.8, 4) is 0 Å². The highest BCUT2D eigenvalue weighted by Crippen LogP contribution is 2.21. The monoisotopic (exact) mass is 548 g/mol. The van der Waals surface area contributed by atoms with Crippen LogP contribution in [0.4, 0.5) is 11.4 Å². The Bertz CT molecular complexity index is 1110. The van der Waals surface area contributed by atoms with E-state index in [1.807, 2.05) is 23.9 Å². The van der Waals surface area contributed by atoms with Crippen molar-refractivity contribution >= 4 is 35.0 Å². The lowest BCUT2D eigenvalue weighted by atomic mass is 10.1. The van der Waals surface area contributed by atoms with E-state index in [0.29, 0.717) is 61.5 Å². The quantitative estimate of drug-likeness (QED) is 0.467. The number of carbonyl (C=O) groups excluding carboxylic acids is 4. The molecule has 214 valence electrons. The lowest BCUT2D eigenvalue weighted by Crippen LogP contribution is -2.47. The minimum atomic E-state index is -0.192. The summed E-state index contributed by atoms with van der Waals surface area (Å²) in [6.07, 6.45) is 1.52. The van der Waals surface area contributed by atoms with Gasteiger partial charge in [-0.3, -0.25) is 19.2 Å². The topological polar surface area (TPSA) is 105 Å². The second-order valence-corrected chi connectivity index (χ2v) is 10.6. The molecule has 2 aromatic rings. The number of amides is 4. The summed E-state index contributed by atoms with van der Waals surface area (Å²) in [4.78, 5) is 59.4. The summed E-state index contributed by atoms with van der Waals surface area (Å²) >= 11 is 0. The number of rotatable bonds is 9. The van der Waals surface area contributed by atoms with Crippen LogP contribution >= 0.6 is 0 Å². The Hall–Kier alpha value is -3.76. The third kappa shape index (κ3) is 7.89. The van der Waals surface area contributed by atoms with Crippen LogP contribution in [-0.2, 0) is 9.59 Å². The van der Waals surface area contributed by atoms with Gasteiger partial charge >= 0.3 is 0 Å². The molecule has 0 aromatic heterocycles. The maximum atomic E-state index is 13.0. The fourth-order valence-corrected chi connectivity index (χ4v) is 4.91. The molecule has 2 fully saturated rings. The Morgan fingerprint density at radius 3 is 1.30 bits per heavy atom. The Morgan fingerprint density at radius 2 is 0.925 bits per heavy atom. The Labute approximate surface area is 236 Å². The van der Waals surface area contributed by atoms with Crippen LogP contribution in [0.25, 0.3) is 0 Å². The Morgan fingerprint density at radius 1 is 0.575 bits per heavy atom. The molecular formula is C30H40N6O4. The largest absolute Gasteiger partial charge is 0.336 e. The average molecular weight is 549 g/mol. The number of para-hydroxylation sites is 2. The van der Waals surface area contributed by atoms with Crippen molar-refractivity contribution in [3.05, 3.63) is 59.7 Å². The van der Waals surface area contributed by atoms with Crippen molar-refractivity contribution in [1.82, 2.24) is 19.6 Å². The molecule has 0 saturated carbocycles. The molecule has 0 spiro atoms. The van der Waals surface area contributed by atoms with Crippen LogP contribution in [-0.4, -0.2) is 110 Å². The molecule has 2 N–H and O–H groups in total. The molecule has 2 heterocycles. The summed E-state index contributed by atoms with van der Waals surface area (Å²) in [5.41, 5.74) is 2.00. The van der Waals surface area contributed by atoms with Crippen LogP contribution in [0.1, 0.15) is 46.4 Å². The normalized spacial score (nSPS) is 16.4. The van der Waals surface area contributed by atoms with Crippen LogP contribution in [0.5, 0.6) is 0 Å². The lowest BCUT2D eigenvalue weighted by Gasteiger charge is -2.32. The van der Waals surface area contributed by atoms with Crippen molar-refractivity contribution in [2.75, 3.05) is 77.1 Å². The molecule has 2 aliphatic rings. The molecule has 0 aliphatic carbocycles. The van der Waals surface area contributed by atoms with Gasteiger partial charge in [0.2, 0.25) is 11.8 Å². The molecule has 4 amide bonds. The molecule has 10 heteroatoms. The molecule has 0 bridgehead atoms. The van der Waals surface area contributed by atoms with Crippen molar-refractivity contribution in [2.24, 2.45) is 0 Å². The first-order valence-corrected chi connectivity index (χ1v) is 14.0. The Balaban J connectivity index is 1.23. The molecule has 2 aromatic carbocycles. The number of nitrogens with one attached hydrogen (secondary N) is 2. The highest BCUT2D eigenvalue weighted by atomic mass is 16.2. The number of carbonyl (C=O) groups is 4. The fraction of sp³-hybridized carbons (Fsp3) is 0.467. The molecule has 40 heavy (non-hydrogen) atoms. The van der Waals surface area contributed by atoms with Gasteiger partial charge in [0.25, 0.3) is 11.8 Å². The fourth-order valence-electron chi connectivity index (χ4n) is 4.91. The summed E-state index contributed by atoms with van der Waals surface area (Å²) in [6.45, 7) is 5.95. The number of nitrogens with zero attached hydrogens (tertiary/aromatic N) is 4. The number of hydrogen-bond acceptors (Lipinski definition) is 6. The zero-order valence-electron chi connectivity index (χ0n) is 23.5. The Kier molecular flexibility index (Phi) is 10.3. The minimum Gasteiger partial charge on any atom is -0.336 e. The highest BCUT2D eigenvalue weighted by Gasteiger charge is 2.24. The summed E-state index contributed by atoms with van der Waals surface area (Å²) in [7, 11) is 4.07. The number of piperazine rings is 2. The minimum absolute atomic E-state index is 0.0768. The van der Waals surface area contributed by atoms with E-state index in [4.69, 9.17) is 0 Å². The van der Waals surface area contributed by atoms with Gasteiger partial charge in [0.15, 0.2) is 0 Å². The average Bonchev–Trinajstić information content (AvgIpc) is 2.96. The molecule has 0 unspecified atom stereocenters. The summed E-state index contributed by atoms with van der Waals surface area (Å²) in [5.74, 6) is -0.538. The molecule has 2 aliphatic heterocycles. The standard InChI is InChI=1S/C30H40N6O4/c1-33-15-19-35(20-16-33)29(39)23-9-3-5-11-25(23)31-27(37)13-7-8-14-28(38)32-26-12-6-4-10-24(26)30(40)36-21-17-34(2)18-22-36/h3-6,9-12H,7-8,13-22H2,1-2H3,(H,31,37)(H,32,38). The van der Waals surface area contributed by atoms with Crippen LogP contribution in [0.3, 0.4) is 0 Å². The van der Waals surface area contributed by atoms with Gasteiger partial charge in [-0.2, -0.15) is 0 Å². The SMILES string of the molecule is CN1CCN(C(=O)c2ccccc2NC(=O)CCCCC(=O)Nc2ccccc2C(=O)N2CCN(C)CC2)CC1. The van der Waals surface area contributed by atoms with Gasteiger partial charge in [-0.05, 0) is 51.2 Å². The number of hydrogen-bond donors (Lipinski definition) is 2. The summed E-state index contributed by atoms with van der Waals surface area (Å²) in [5, 5.41) is 5.76. The maximum Gasteiger partial charge on any atom is 0.256 e. The predicted molar refractivity (Wildman–Crippen MR) is 155 cm³/mol. The second-order valence-electron chi connectivity index (χ2n) is 10.6. The van der Waals surface area contributed by atoms with Crippen LogP contribution in [0.2, 0.25) is 0 Å². The van der Waals surface area contributed by atoms with E-state index in [0.717, 1.165) is 26.2 Å². The molecule has 0 atom stereocenters. The van der Waals surface area contributed by atoms with Crippen molar-refractivity contribution in [3.63, 3.8) is 0 Å². The third-order valence-electron chi connectivity index (χ3n) is 7.50. The van der Waals surface area contributed by atoms with Gasteiger partial charge in [-0.25, -0.2) is 0 Å². The van der Waals surface area contributed by atoms with Gasteiger partial charge in [0.05, 0.1) is 22.5 Å². The van der Waals surface area contributed by atoms with Gasteiger partial charge < -0.3 is 30.2 Å². The van der Waals surface area contributed by atoms with Gasteiger partial charge in [0, 0.05) is 65.2 Å². The van der Waals surface area contributed by atoms with E-state index in [1.54, 1.807) is 48.5 Å². The van der Waals surface area contributed by atoms with Crippen LogP contribution in [0.15, 0.2) is 48.5 Å². The van der Waals surface area contributed by atoms with Crippen LogP contribution in [0, 0.1) is 0 Å². The third-order valence-corrected chi connectivity index (χ3v) is 7.50. The van der Waals surface area contributed by atoms with Crippen molar-refractivity contribution < 1.29 is 19.2 Å². The smallest absolute Gasteiger partial charge is 0.256 e. The first-order valence-electron chi connectivity index (χ1n) is 14.0.